The second-order valence-electron chi connectivity index (χ2n) is 4.42. The summed E-state index contributed by atoms with van der Waals surface area (Å²) < 4.78 is 17.8. The Morgan fingerprint density at radius 3 is 3.00 bits per heavy atom. The Morgan fingerprint density at radius 1 is 1.56 bits per heavy atom. The molecular weight excluding hydrogens is 211 g/mol. The van der Waals surface area contributed by atoms with Crippen molar-refractivity contribution in [2.45, 2.75) is 24.6 Å². The lowest BCUT2D eigenvalue weighted by atomic mass is 10.2. The summed E-state index contributed by atoms with van der Waals surface area (Å²) in [4.78, 5) is 13.0. The number of urea groups is 1. The Morgan fingerprint density at radius 2 is 2.38 bits per heavy atom. The first-order valence-corrected chi connectivity index (χ1v) is 5.47. The number of rotatable bonds is 2. The van der Waals surface area contributed by atoms with Gasteiger partial charge in [-0.3, -0.25) is 0 Å². The van der Waals surface area contributed by atoms with E-state index in [2.05, 4.69) is 5.32 Å². The molecule has 1 N–H and O–H groups in total. The molecular formula is C11H13FN2O2. The van der Waals surface area contributed by atoms with Crippen LogP contribution in [0.25, 0.3) is 0 Å². The van der Waals surface area contributed by atoms with E-state index in [0.29, 0.717) is 5.92 Å². The SMILES string of the molecule is O=C(N[C@@H]1C[C@H]1c1ccco1)N1CC(F)C1. The number of carbonyl (C=O) groups is 1. The molecule has 1 saturated heterocycles. The largest absolute Gasteiger partial charge is 0.469 e. The summed E-state index contributed by atoms with van der Waals surface area (Å²) in [5, 5.41) is 2.88. The summed E-state index contributed by atoms with van der Waals surface area (Å²) in [6.07, 6.45) is 1.70. The van der Waals surface area contributed by atoms with Crippen molar-refractivity contribution in [2.75, 3.05) is 13.1 Å². The van der Waals surface area contributed by atoms with E-state index in [1.807, 2.05) is 12.1 Å². The van der Waals surface area contributed by atoms with Crippen LogP contribution < -0.4 is 5.32 Å². The minimum Gasteiger partial charge on any atom is -0.469 e. The minimum atomic E-state index is -0.842. The van der Waals surface area contributed by atoms with Gasteiger partial charge in [-0.1, -0.05) is 0 Å². The zero-order valence-corrected chi connectivity index (χ0v) is 8.73. The van der Waals surface area contributed by atoms with Crippen molar-refractivity contribution in [1.82, 2.24) is 10.2 Å². The van der Waals surface area contributed by atoms with E-state index in [0.717, 1.165) is 12.2 Å². The van der Waals surface area contributed by atoms with Crippen molar-refractivity contribution in [2.24, 2.45) is 0 Å². The third kappa shape index (κ3) is 1.66. The average molecular weight is 224 g/mol. The molecule has 4 nitrogen and oxygen atoms in total. The summed E-state index contributed by atoms with van der Waals surface area (Å²) >= 11 is 0. The van der Waals surface area contributed by atoms with E-state index in [-0.39, 0.29) is 25.2 Å². The second-order valence-corrected chi connectivity index (χ2v) is 4.42. The number of hydrogen-bond donors (Lipinski definition) is 1. The fourth-order valence-corrected chi connectivity index (χ4v) is 2.01. The summed E-state index contributed by atoms with van der Waals surface area (Å²) in [6, 6.07) is 3.75. The first-order chi connectivity index (χ1) is 7.74. The summed E-state index contributed by atoms with van der Waals surface area (Å²) in [6.45, 7) is 0.452. The Bertz CT molecular complexity index is 387. The maximum Gasteiger partial charge on any atom is 0.317 e. The van der Waals surface area contributed by atoms with Crippen molar-refractivity contribution in [3.8, 4) is 0 Å². The molecule has 2 fully saturated rings. The number of hydrogen-bond acceptors (Lipinski definition) is 2. The summed E-state index contributed by atoms with van der Waals surface area (Å²) in [7, 11) is 0. The van der Waals surface area contributed by atoms with Crippen molar-refractivity contribution < 1.29 is 13.6 Å². The second kappa shape index (κ2) is 3.50. The Balaban J connectivity index is 1.49. The van der Waals surface area contributed by atoms with Gasteiger partial charge in [0.15, 0.2) is 0 Å². The van der Waals surface area contributed by atoms with Crippen LogP contribution in [0.3, 0.4) is 0 Å². The predicted octanol–water partition coefficient (Wildman–Crippen LogP) is 1.50. The van der Waals surface area contributed by atoms with Gasteiger partial charge in [-0.25, -0.2) is 9.18 Å². The van der Waals surface area contributed by atoms with E-state index in [1.165, 1.54) is 4.90 Å². The van der Waals surface area contributed by atoms with E-state index in [4.69, 9.17) is 4.42 Å². The molecule has 1 aliphatic heterocycles. The topological polar surface area (TPSA) is 45.5 Å². The lowest BCUT2D eigenvalue weighted by Crippen LogP contribution is -2.55. The number of likely N-dealkylation sites (tertiary alicyclic amines) is 1. The smallest absolute Gasteiger partial charge is 0.317 e. The van der Waals surface area contributed by atoms with Gasteiger partial charge < -0.3 is 14.6 Å². The molecule has 1 aliphatic carbocycles. The molecule has 1 aromatic heterocycles. The number of amides is 2. The summed E-state index contributed by atoms with van der Waals surface area (Å²) in [5.74, 6) is 1.21. The molecule has 5 heteroatoms. The molecule has 1 aromatic rings. The molecule has 0 bridgehead atoms. The molecule has 2 aliphatic rings. The van der Waals surface area contributed by atoms with Gasteiger partial charge in [-0.05, 0) is 18.6 Å². The standard InChI is InChI=1S/C11H13FN2O2/c12-7-5-14(6-7)11(15)13-9-4-8(9)10-2-1-3-16-10/h1-3,7-9H,4-6H2,(H,13,15)/t8-,9-/m1/s1. The quantitative estimate of drug-likeness (QED) is 0.827. The van der Waals surface area contributed by atoms with Crippen LogP contribution in [0.2, 0.25) is 0 Å². The highest BCUT2D eigenvalue weighted by Gasteiger charge is 2.43. The number of nitrogens with one attached hydrogen (secondary N) is 1. The highest BCUT2D eigenvalue weighted by atomic mass is 19.1. The lowest BCUT2D eigenvalue weighted by Gasteiger charge is -2.34. The van der Waals surface area contributed by atoms with Gasteiger partial charge in [0.05, 0.1) is 19.4 Å². The number of halogens is 1. The molecule has 0 aromatic carbocycles. The Labute approximate surface area is 92.4 Å². The van der Waals surface area contributed by atoms with Gasteiger partial charge >= 0.3 is 6.03 Å². The van der Waals surface area contributed by atoms with Crippen molar-refractivity contribution in [3.05, 3.63) is 24.2 Å². The van der Waals surface area contributed by atoms with Gasteiger partial charge in [0, 0.05) is 12.0 Å². The van der Waals surface area contributed by atoms with Gasteiger partial charge in [-0.2, -0.15) is 0 Å². The first-order valence-electron chi connectivity index (χ1n) is 5.47. The predicted molar refractivity (Wildman–Crippen MR) is 54.9 cm³/mol. The van der Waals surface area contributed by atoms with E-state index < -0.39 is 6.17 Å². The van der Waals surface area contributed by atoms with Crippen LogP contribution in [0.15, 0.2) is 22.8 Å². The van der Waals surface area contributed by atoms with E-state index in [1.54, 1.807) is 6.26 Å². The summed E-state index contributed by atoms with van der Waals surface area (Å²) in [5.41, 5.74) is 0. The molecule has 2 amide bonds. The number of nitrogens with zero attached hydrogens (tertiary/aromatic N) is 1. The zero-order chi connectivity index (χ0) is 11.1. The lowest BCUT2D eigenvalue weighted by molar-refractivity contribution is 0.0895. The van der Waals surface area contributed by atoms with Crippen molar-refractivity contribution in [3.63, 3.8) is 0 Å². The highest BCUT2D eigenvalue weighted by molar-refractivity contribution is 5.76. The third-order valence-electron chi connectivity index (χ3n) is 3.13. The van der Waals surface area contributed by atoms with Crippen LogP contribution in [0.1, 0.15) is 18.1 Å². The van der Waals surface area contributed by atoms with Crippen LogP contribution in [0.5, 0.6) is 0 Å². The molecule has 86 valence electrons. The zero-order valence-electron chi connectivity index (χ0n) is 8.73. The maximum absolute atomic E-state index is 12.5. The Kier molecular flexibility index (Phi) is 2.12. The van der Waals surface area contributed by atoms with Crippen LogP contribution >= 0.6 is 0 Å². The van der Waals surface area contributed by atoms with E-state index >= 15 is 0 Å². The fourth-order valence-electron chi connectivity index (χ4n) is 2.01. The molecule has 0 radical (unpaired) electrons. The highest BCUT2D eigenvalue weighted by Crippen LogP contribution is 2.41. The van der Waals surface area contributed by atoms with Gasteiger partial charge in [-0.15, -0.1) is 0 Å². The molecule has 2 heterocycles. The molecule has 2 atom stereocenters. The van der Waals surface area contributed by atoms with Gasteiger partial charge in [0.2, 0.25) is 0 Å². The Hall–Kier alpha value is -1.52. The van der Waals surface area contributed by atoms with Crippen LogP contribution in [-0.4, -0.2) is 36.2 Å². The number of furan rings is 1. The first kappa shape index (κ1) is 9.69. The van der Waals surface area contributed by atoms with Gasteiger partial charge in [0.1, 0.15) is 11.9 Å². The van der Waals surface area contributed by atoms with Crippen LogP contribution in [-0.2, 0) is 0 Å². The minimum absolute atomic E-state index is 0.150. The molecule has 1 saturated carbocycles. The number of carbonyl (C=O) groups excluding carboxylic acids is 1. The molecule has 0 unspecified atom stereocenters. The normalized spacial score (nSPS) is 28.7. The maximum atomic E-state index is 12.5. The van der Waals surface area contributed by atoms with Gasteiger partial charge in [0.25, 0.3) is 0 Å². The molecule has 3 rings (SSSR count). The average Bonchev–Trinajstić information content (AvgIpc) is 2.78. The van der Waals surface area contributed by atoms with Crippen molar-refractivity contribution in [1.29, 1.82) is 0 Å². The third-order valence-corrected chi connectivity index (χ3v) is 3.13. The molecule has 16 heavy (non-hydrogen) atoms. The van der Waals surface area contributed by atoms with Crippen LogP contribution in [0.4, 0.5) is 9.18 Å². The molecule has 0 spiro atoms. The van der Waals surface area contributed by atoms with Crippen LogP contribution in [0, 0.1) is 0 Å². The fraction of sp³-hybridized carbons (Fsp3) is 0.545. The van der Waals surface area contributed by atoms with E-state index in [9.17, 15) is 9.18 Å². The number of alkyl halides is 1. The monoisotopic (exact) mass is 224 g/mol. The van der Waals surface area contributed by atoms with Crippen molar-refractivity contribution >= 4 is 6.03 Å².